The second kappa shape index (κ2) is 4.96. The van der Waals surface area contributed by atoms with Crippen LogP contribution in [-0.2, 0) is 11.2 Å². The highest BCUT2D eigenvalue weighted by molar-refractivity contribution is 5.45. The van der Waals surface area contributed by atoms with E-state index in [0.717, 1.165) is 25.0 Å². The van der Waals surface area contributed by atoms with Crippen LogP contribution in [0.4, 0.5) is 4.39 Å². The normalized spacial score (nSPS) is 26.7. The molecule has 0 amide bonds. The third-order valence-electron chi connectivity index (χ3n) is 5.06. The first-order valence-electron chi connectivity index (χ1n) is 7.75. The monoisotopic (exact) mass is 282 g/mol. The van der Waals surface area contributed by atoms with Crippen molar-refractivity contribution in [2.75, 3.05) is 6.61 Å². The molecule has 2 aromatic rings. The Kier molecular flexibility index (Phi) is 3.07. The Labute approximate surface area is 124 Å². The van der Waals surface area contributed by atoms with Gasteiger partial charge in [-0.25, -0.2) is 4.39 Å². The van der Waals surface area contributed by atoms with Gasteiger partial charge in [-0.3, -0.25) is 0 Å². The lowest BCUT2D eigenvalue weighted by molar-refractivity contribution is 0.101. The van der Waals surface area contributed by atoms with Gasteiger partial charge in [0, 0.05) is 5.92 Å². The number of benzene rings is 2. The molecule has 0 spiro atoms. The fraction of sp³-hybridized carbons (Fsp3) is 0.368. The molecule has 0 bridgehead atoms. The molecule has 1 unspecified atom stereocenters. The van der Waals surface area contributed by atoms with Gasteiger partial charge in [0.05, 0.1) is 12.7 Å². The summed E-state index contributed by atoms with van der Waals surface area (Å²) in [6.07, 6.45) is 1.97. The van der Waals surface area contributed by atoms with Crippen molar-refractivity contribution in [1.82, 2.24) is 0 Å². The van der Waals surface area contributed by atoms with Gasteiger partial charge in [-0.15, -0.1) is 0 Å². The van der Waals surface area contributed by atoms with Crippen molar-refractivity contribution >= 4 is 0 Å². The molecule has 2 aliphatic rings. The molecule has 0 radical (unpaired) electrons. The van der Waals surface area contributed by atoms with E-state index in [9.17, 15) is 4.39 Å². The average Bonchev–Trinajstić information content (AvgIpc) is 2.87. The van der Waals surface area contributed by atoms with Crippen molar-refractivity contribution in [3.05, 3.63) is 70.5 Å². The van der Waals surface area contributed by atoms with Gasteiger partial charge < -0.3 is 4.74 Å². The highest BCUT2D eigenvalue weighted by Crippen LogP contribution is 2.50. The minimum Gasteiger partial charge on any atom is -0.373 e. The SMILES string of the molecule is CCC1CO[C@@H]2c3cc(F)ccc3Cc3ccccc3[C@@H]12. The molecule has 1 aliphatic heterocycles. The molecule has 108 valence electrons. The summed E-state index contributed by atoms with van der Waals surface area (Å²) in [5.74, 6) is 0.710. The third-order valence-corrected chi connectivity index (χ3v) is 5.06. The van der Waals surface area contributed by atoms with Crippen LogP contribution in [0.3, 0.4) is 0 Å². The van der Waals surface area contributed by atoms with Crippen LogP contribution in [-0.4, -0.2) is 6.61 Å². The van der Waals surface area contributed by atoms with E-state index >= 15 is 0 Å². The Morgan fingerprint density at radius 2 is 1.90 bits per heavy atom. The van der Waals surface area contributed by atoms with Gasteiger partial charge in [0.25, 0.3) is 0 Å². The number of hydrogen-bond donors (Lipinski definition) is 0. The minimum absolute atomic E-state index is 0.00398. The predicted molar refractivity (Wildman–Crippen MR) is 80.9 cm³/mol. The molecule has 3 atom stereocenters. The van der Waals surface area contributed by atoms with Crippen molar-refractivity contribution in [3.8, 4) is 0 Å². The Balaban J connectivity index is 1.93. The van der Waals surface area contributed by atoms with E-state index in [0.29, 0.717) is 11.8 Å². The quantitative estimate of drug-likeness (QED) is 0.742. The van der Waals surface area contributed by atoms with Crippen LogP contribution in [0.25, 0.3) is 0 Å². The maximum Gasteiger partial charge on any atom is 0.123 e. The highest BCUT2D eigenvalue weighted by atomic mass is 19.1. The van der Waals surface area contributed by atoms with Crippen LogP contribution >= 0.6 is 0 Å². The summed E-state index contributed by atoms with van der Waals surface area (Å²) in [5, 5.41) is 0. The fourth-order valence-electron chi connectivity index (χ4n) is 3.97. The molecular formula is C19H19FO. The molecule has 0 saturated carbocycles. The summed E-state index contributed by atoms with van der Waals surface area (Å²) in [7, 11) is 0. The van der Waals surface area contributed by atoms with Crippen LogP contribution in [0, 0.1) is 11.7 Å². The Morgan fingerprint density at radius 1 is 1.10 bits per heavy atom. The standard InChI is InChI=1S/C19H19FO/c1-2-12-11-21-19-17-10-15(20)8-7-14(17)9-13-5-3-4-6-16(13)18(12)19/h3-8,10,12,18-19H,2,9,11H2,1H3/t12?,18-,19-/m1/s1. The van der Waals surface area contributed by atoms with Crippen molar-refractivity contribution in [1.29, 1.82) is 0 Å². The van der Waals surface area contributed by atoms with Crippen LogP contribution in [0.15, 0.2) is 42.5 Å². The van der Waals surface area contributed by atoms with Gasteiger partial charge in [0.15, 0.2) is 0 Å². The predicted octanol–water partition coefficient (Wildman–Crippen LogP) is 4.61. The first kappa shape index (κ1) is 13.0. The first-order valence-corrected chi connectivity index (χ1v) is 7.75. The van der Waals surface area contributed by atoms with Gasteiger partial charge in [-0.05, 0) is 46.7 Å². The molecule has 1 aliphatic carbocycles. The Hall–Kier alpha value is -1.67. The molecule has 21 heavy (non-hydrogen) atoms. The maximum absolute atomic E-state index is 13.7. The summed E-state index contributed by atoms with van der Waals surface area (Å²) in [6.45, 7) is 2.99. The van der Waals surface area contributed by atoms with Crippen molar-refractivity contribution in [3.63, 3.8) is 0 Å². The summed E-state index contributed by atoms with van der Waals surface area (Å²) < 4.78 is 19.8. The van der Waals surface area contributed by atoms with Gasteiger partial charge in [-0.1, -0.05) is 43.7 Å². The number of rotatable bonds is 1. The largest absolute Gasteiger partial charge is 0.373 e. The smallest absolute Gasteiger partial charge is 0.123 e. The molecule has 4 rings (SSSR count). The molecule has 1 fully saturated rings. The number of halogens is 1. The lowest BCUT2D eigenvalue weighted by Gasteiger charge is -2.23. The van der Waals surface area contributed by atoms with Gasteiger partial charge in [-0.2, -0.15) is 0 Å². The van der Waals surface area contributed by atoms with Crippen LogP contribution in [0.1, 0.15) is 47.6 Å². The minimum atomic E-state index is -0.165. The number of hydrogen-bond acceptors (Lipinski definition) is 1. The van der Waals surface area contributed by atoms with Crippen molar-refractivity contribution in [2.45, 2.75) is 31.8 Å². The molecule has 1 saturated heterocycles. The van der Waals surface area contributed by atoms with E-state index in [1.54, 1.807) is 12.1 Å². The molecule has 1 nitrogen and oxygen atoms in total. The zero-order chi connectivity index (χ0) is 14.4. The van der Waals surface area contributed by atoms with Gasteiger partial charge >= 0.3 is 0 Å². The van der Waals surface area contributed by atoms with E-state index in [2.05, 4.69) is 31.2 Å². The second-order valence-electron chi connectivity index (χ2n) is 6.17. The first-order chi connectivity index (χ1) is 10.3. The molecule has 0 N–H and O–H groups in total. The van der Waals surface area contributed by atoms with Crippen molar-refractivity contribution in [2.24, 2.45) is 5.92 Å². The van der Waals surface area contributed by atoms with Crippen molar-refractivity contribution < 1.29 is 9.13 Å². The Bertz CT molecular complexity index is 679. The second-order valence-corrected chi connectivity index (χ2v) is 6.17. The maximum atomic E-state index is 13.7. The summed E-state index contributed by atoms with van der Waals surface area (Å²) in [4.78, 5) is 0. The van der Waals surface area contributed by atoms with E-state index in [4.69, 9.17) is 4.74 Å². The van der Waals surface area contributed by atoms with E-state index in [1.165, 1.54) is 16.7 Å². The lowest BCUT2D eigenvalue weighted by Crippen LogP contribution is -2.13. The molecule has 2 heteroatoms. The zero-order valence-electron chi connectivity index (χ0n) is 12.2. The third kappa shape index (κ3) is 2.01. The fourth-order valence-corrected chi connectivity index (χ4v) is 3.97. The van der Waals surface area contributed by atoms with E-state index in [1.807, 2.05) is 6.07 Å². The van der Waals surface area contributed by atoms with Gasteiger partial charge in [0.2, 0.25) is 0 Å². The van der Waals surface area contributed by atoms with Gasteiger partial charge in [0.1, 0.15) is 5.82 Å². The topological polar surface area (TPSA) is 9.23 Å². The lowest BCUT2D eigenvalue weighted by atomic mass is 9.80. The summed E-state index contributed by atoms with van der Waals surface area (Å²) in [5.41, 5.74) is 5.01. The van der Waals surface area contributed by atoms with E-state index in [-0.39, 0.29) is 11.9 Å². The molecule has 2 aromatic carbocycles. The van der Waals surface area contributed by atoms with E-state index < -0.39 is 0 Å². The Morgan fingerprint density at radius 3 is 2.76 bits per heavy atom. The molecular weight excluding hydrogens is 263 g/mol. The number of fused-ring (bicyclic) bond motifs is 5. The van der Waals surface area contributed by atoms with Crippen LogP contribution in [0.2, 0.25) is 0 Å². The van der Waals surface area contributed by atoms with Crippen LogP contribution < -0.4 is 0 Å². The summed E-state index contributed by atoms with van der Waals surface area (Å²) >= 11 is 0. The number of ether oxygens (including phenoxy) is 1. The highest BCUT2D eigenvalue weighted by Gasteiger charge is 2.41. The summed E-state index contributed by atoms with van der Waals surface area (Å²) in [6, 6.07) is 13.8. The zero-order valence-corrected chi connectivity index (χ0v) is 12.2. The average molecular weight is 282 g/mol. The molecule has 1 heterocycles. The molecule has 0 aromatic heterocycles. The van der Waals surface area contributed by atoms with Crippen LogP contribution in [0.5, 0.6) is 0 Å².